The second kappa shape index (κ2) is 5.45. The average molecular weight is 229 g/mol. The number of aromatic nitrogens is 4. The molecule has 2 aromatic heterocycles. The molecule has 1 N–H and O–H groups in total. The topological polar surface area (TPSA) is 63.6 Å². The second-order valence-corrected chi connectivity index (χ2v) is 3.68. The molecule has 0 spiro atoms. The minimum absolute atomic E-state index is 0.644. The van der Waals surface area contributed by atoms with Crippen molar-refractivity contribution >= 4 is 0 Å². The van der Waals surface area contributed by atoms with Crippen LogP contribution < -0.4 is 5.32 Å². The number of nitrogens with zero attached hydrogens (tertiary/aromatic N) is 4. The van der Waals surface area contributed by atoms with Gasteiger partial charge in [0.1, 0.15) is 12.0 Å². The van der Waals surface area contributed by atoms with E-state index < -0.39 is 0 Å². The molecule has 0 saturated carbocycles. The zero-order valence-corrected chi connectivity index (χ0v) is 10.0. The lowest BCUT2D eigenvalue weighted by Gasteiger charge is -2.06. The van der Waals surface area contributed by atoms with Gasteiger partial charge in [-0.1, -0.05) is 6.92 Å². The van der Waals surface area contributed by atoms with Crippen molar-refractivity contribution in [1.29, 1.82) is 0 Å². The van der Waals surface area contributed by atoms with Crippen molar-refractivity contribution in [3.05, 3.63) is 36.0 Å². The molecule has 5 nitrogen and oxygen atoms in total. The third kappa shape index (κ3) is 2.82. The van der Waals surface area contributed by atoms with Crippen LogP contribution in [-0.2, 0) is 6.54 Å². The van der Waals surface area contributed by atoms with Crippen molar-refractivity contribution in [2.24, 2.45) is 0 Å². The molecule has 0 aliphatic rings. The number of aryl methyl sites for hydroxylation is 1. The number of hydrogen-bond donors (Lipinski definition) is 1. The first-order chi connectivity index (χ1) is 8.31. The van der Waals surface area contributed by atoms with E-state index >= 15 is 0 Å². The molecule has 0 amide bonds. The summed E-state index contributed by atoms with van der Waals surface area (Å²) >= 11 is 0. The summed E-state index contributed by atoms with van der Waals surface area (Å²) in [7, 11) is 0. The van der Waals surface area contributed by atoms with E-state index in [0.29, 0.717) is 5.82 Å². The maximum Gasteiger partial charge on any atom is 0.178 e. The van der Waals surface area contributed by atoms with Crippen molar-refractivity contribution in [1.82, 2.24) is 25.3 Å². The molecule has 2 rings (SSSR count). The minimum atomic E-state index is 0.644. The Morgan fingerprint density at radius 1 is 1.29 bits per heavy atom. The molecule has 2 aromatic rings. The first-order valence-electron chi connectivity index (χ1n) is 5.61. The van der Waals surface area contributed by atoms with Gasteiger partial charge in [-0.2, -0.15) is 0 Å². The molecule has 0 radical (unpaired) electrons. The predicted octanol–water partition coefficient (Wildman–Crippen LogP) is 1.35. The standard InChI is InChI=1S/C12H15N5/c1-3-13-6-10-7-15-12(17-9(10)2)11-4-5-14-8-16-11/h4-5,7-8,13H,3,6H2,1-2H3. The van der Waals surface area contributed by atoms with Gasteiger partial charge in [0, 0.05) is 30.2 Å². The summed E-state index contributed by atoms with van der Waals surface area (Å²) in [6, 6.07) is 1.80. The van der Waals surface area contributed by atoms with Gasteiger partial charge in [0.15, 0.2) is 5.82 Å². The fourth-order valence-corrected chi connectivity index (χ4v) is 1.47. The molecule has 0 aliphatic carbocycles. The Bertz CT molecular complexity index is 484. The molecule has 17 heavy (non-hydrogen) atoms. The highest BCUT2D eigenvalue weighted by atomic mass is 14.9. The Morgan fingerprint density at radius 2 is 2.18 bits per heavy atom. The van der Waals surface area contributed by atoms with E-state index in [-0.39, 0.29) is 0 Å². The molecule has 0 aliphatic heterocycles. The van der Waals surface area contributed by atoms with Crippen molar-refractivity contribution in [3.63, 3.8) is 0 Å². The SMILES string of the molecule is CCNCc1cnc(-c2ccncn2)nc1C. The first-order valence-corrected chi connectivity index (χ1v) is 5.61. The van der Waals surface area contributed by atoms with Crippen molar-refractivity contribution < 1.29 is 0 Å². The Balaban J connectivity index is 2.25. The van der Waals surface area contributed by atoms with Gasteiger partial charge in [-0.3, -0.25) is 0 Å². The van der Waals surface area contributed by atoms with Crippen molar-refractivity contribution in [2.75, 3.05) is 6.54 Å². The van der Waals surface area contributed by atoms with Crippen LogP contribution in [0.5, 0.6) is 0 Å². The number of nitrogens with one attached hydrogen (secondary N) is 1. The molecule has 0 saturated heterocycles. The summed E-state index contributed by atoms with van der Waals surface area (Å²) in [6.07, 6.45) is 5.04. The van der Waals surface area contributed by atoms with Crippen LogP contribution in [0, 0.1) is 6.92 Å². The van der Waals surface area contributed by atoms with E-state index in [0.717, 1.165) is 30.0 Å². The van der Waals surface area contributed by atoms with Crippen LogP contribution in [-0.4, -0.2) is 26.5 Å². The molecule has 88 valence electrons. The van der Waals surface area contributed by atoms with Gasteiger partial charge in [0.05, 0.1) is 0 Å². The maximum atomic E-state index is 4.45. The lowest BCUT2D eigenvalue weighted by molar-refractivity contribution is 0.716. The van der Waals surface area contributed by atoms with Crippen molar-refractivity contribution in [3.8, 4) is 11.5 Å². The summed E-state index contributed by atoms with van der Waals surface area (Å²) in [5.74, 6) is 0.644. The fourth-order valence-electron chi connectivity index (χ4n) is 1.47. The smallest absolute Gasteiger partial charge is 0.178 e. The largest absolute Gasteiger partial charge is 0.313 e. The lowest BCUT2D eigenvalue weighted by atomic mass is 10.2. The first kappa shape index (κ1) is 11.6. The Hall–Kier alpha value is -1.88. The van der Waals surface area contributed by atoms with E-state index in [2.05, 4.69) is 32.2 Å². The third-order valence-electron chi connectivity index (χ3n) is 2.46. The van der Waals surface area contributed by atoms with E-state index in [1.807, 2.05) is 13.1 Å². The van der Waals surface area contributed by atoms with Gasteiger partial charge in [-0.05, 0) is 19.5 Å². The van der Waals surface area contributed by atoms with Crippen LogP contribution in [0.4, 0.5) is 0 Å². The van der Waals surface area contributed by atoms with Gasteiger partial charge < -0.3 is 5.32 Å². The quantitative estimate of drug-likeness (QED) is 0.857. The molecule has 0 unspecified atom stereocenters. The summed E-state index contributed by atoms with van der Waals surface area (Å²) in [6.45, 7) is 5.80. The Kier molecular flexibility index (Phi) is 3.72. The molecule has 0 bridgehead atoms. The average Bonchev–Trinajstić information content (AvgIpc) is 2.38. The maximum absolute atomic E-state index is 4.45. The minimum Gasteiger partial charge on any atom is -0.313 e. The monoisotopic (exact) mass is 229 g/mol. The molecular formula is C12H15N5. The van der Waals surface area contributed by atoms with Crippen LogP contribution in [0.15, 0.2) is 24.8 Å². The third-order valence-corrected chi connectivity index (χ3v) is 2.46. The molecule has 0 aromatic carbocycles. The van der Waals surface area contributed by atoms with Gasteiger partial charge >= 0.3 is 0 Å². The van der Waals surface area contributed by atoms with Crippen molar-refractivity contribution in [2.45, 2.75) is 20.4 Å². The highest BCUT2D eigenvalue weighted by Gasteiger charge is 2.05. The summed E-state index contributed by atoms with van der Waals surface area (Å²) < 4.78 is 0. The summed E-state index contributed by atoms with van der Waals surface area (Å²) in [4.78, 5) is 16.8. The van der Waals surface area contributed by atoms with E-state index in [1.54, 1.807) is 12.3 Å². The Labute approximate surface area is 100 Å². The Morgan fingerprint density at radius 3 is 2.82 bits per heavy atom. The summed E-state index contributed by atoms with van der Waals surface area (Å²) in [5, 5.41) is 3.26. The zero-order chi connectivity index (χ0) is 12.1. The fraction of sp³-hybridized carbons (Fsp3) is 0.333. The normalized spacial score (nSPS) is 10.5. The molecule has 2 heterocycles. The van der Waals surface area contributed by atoms with Crippen LogP contribution >= 0.6 is 0 Å². The molecule has 0 fully saturated rings. The molecule has 0 atom stereocenters. The zero-order valence-electron chi connectivity index (χ0n) is 10.0. The predicted molar refractivity (Wildman–Crippen MR) is 65.2 cm³/mol. The van der Waals surface area contributed by atoms with E-state index in [4.69, 9.17) is 0 Å². The van der Waals surface area contributed by atoms with Crippen LogP contribution in [0.3, 0.4) is 0 Å². The van der Waals surface area contributed by atoms with Crippen LogP contribution in [0.1, 0.15) is 18.2 Å². The summed E-state index contributed by atoms with van der Waals surface area (Å²) in [5.41, 5.74) is 2.84. The van der Waals surface area contributed by atoms with Crippen LogP contribution in [0.25, 0.3) is 11.5 Å². The molecular weight excluding hydrogens is 214 g/mol. The number of rotatable bonds is 4. The van der Waals surface area contributed by atoms with Crippen LogP contribution in [0.2, 0.25) is 0 Å². The second-order valence-electron chi connectivity index (χ2n) is 3.68. The van der Waals surface area contributed by atoms with Gasteiger partial charge in [0.2, 0.25) is 0 Å². The molecule has 5 heteroatoms. The van der Waals surface area contributed by atoms with E-state index in [9.17, 15) is 0 Å². The van der Waals surface area contributed by atoms with E-state index in [1.165, 1.54) is 6.33 Å². The highest BCUT2D eigenvalue weighted by Crippen LogP contribution is 2.12. The van der Waals surface area contributed by atoms with Gasteiger partial charge in [-0.15, -0.1) is 0 Å². The highest BCUT2D eigenvalue weighted by molar-refractivity contribution is 5.48. The van der Waals surface area contributed by atoms with Gasteiger partial charge in [0.25, 0.3) is 0 Å². The van der Waals surface area contributed by atoms with Gasteiger partial charge in [-0.25, -0.2) is 19.9 Å². The lowest BCUT2D eigenvalue weighted by Crippen LogP contribution is -2.13. The number of hydrogen-bond acceptors (Lipinski definition) is 5.